The zero-order chi connectivity index (χ0) is 53.5. The highest BCUT2D eigenvalue weighted by Crippen LogP contribution is 2.47. The van der Waals surface area contributed by atoms with E-state index >= 15 is 0 Å². The molecule has 6 unspecified atom stereocenters. The molecule has 0 aromatic heterocycles. The fraction of sp³-hybridized carbons (Fsp3) is 0.983. The highest BCUT2D eigenvalue weighted by atomic mass is 31.2. The second-order valence-electron chi connectivity index (χ2n) is 22.6. The predicted octanol–water partition coefficient (Wildman–Crippen LogP) is 14.9. The molecule has 0 heterocycles. The lowest BCUT2D eigenvalue weighted by atomic mass is 9.85. The Hall–Kier alpha value is -0.660. The third-order valence-electron chi connectivity index (χ3n) is 15.7. The molecule has 0 aliphatic heterocycles. The van der Waals surface area contributed by atoms with Gasteiger partial charge in [0.15, 0.2) is 0 Å². The topological polar surface area (TPSA) is 206 Å². The number of amides is 1. The molecule has 0 radical (unpaired) electrons. The standard InChI is InChI=1S/C60H120NO11P/c1-3-5-7-9-11-13-15-17-19-20-21-22-23-24-25-26-27-28-29-30-31-32-33-34-35-36-38-40-42-44-46-48-50-54(63)61-52(51-71-73(69,70)72-60-58(67)56(65)55(64)57(66)59(60)68)53(62)49-47-45-43-41-39-37-18-16-14-12-10-8-6-4-2/h52-53,55-60,62,64-68H,3-51H2,1-2H3,(H,61,63)(H,69,70)/t52-,53+,55?,56+,57?,58?,59?,60?/m0/s1. The molecule has 1 saturated carbocycles. The minimum absolute atomic E-state index is 0.244. The largest absolute Gasteiger partial charge is 0.472 e. The summed E-state index contributed by atoms with van der Waals surface area (Å²) in [5.74, 6) is -0.300. The number of carbonyl (C=O) groups excluding carboxylic acids is 1. The van der Waals surface area contributed by atoms with Crippen LogP contribution in [-0.2, 0) is 18.4 Å². The molecule has 1 rings (SSSR count). The quantitative estimate of drug-likeness (QED) is 0.0212. The second kappa shape index (κ2) is 49.6. The van der Waals surface area contributed by atoms with Crippen LogP contribution in [0.25, 0.3) is 0 Å². The van der Waals surface area contributed by atoms with Crippen LogP contribution in [-0.4, -0.2) is 96.8 Å². The van der Waals surface area contributed by atoms with Gasteiger partial charge in [-0.3, -0.25) is 13.8 Å². The van der Waals surface area contributed by atoms with Crippen LogP contribution in [0.4, 0.5) is 0 Å². The first-order valence-corrected chi connectivity index (χ1v) is 33.0. The molecular weight excluding hydrogens is 942 g/mol. The van der Waals surface area contributed by atoms with E-state index in [2.05, 4.69) is 19.2 Å². The molecule has 436 valence electrons. The first kappa shape index (κ1) is 70.4. The summed E-state index contributed by atoms with van der Waals surface area (Å²) in [6.45, 7) is 3.94. The highest BCUT2D eigenvalue weighted by Gasteiger charge is 2.51. The van der Waals surface area contributed by atoms with Crippen molar-refractivity contribution in [1.82, 2.24) is 5.32 Å². The Kier molecular flexibility index (Phi) is 47.8. The van der Waals surface area contributed by atoms with Crippen LogP contribution in [0.15, 0.2) is 0 Å². The molecule has 1 aliphatic rings. The number of hydrogen-bond donors (Lipinski definition) is 8. The van der Waals surface area contributed by atoms with Crippen molar-refractivity contribution in [2.24, 2.45) is 0 Å². The zero-order valence-corrected chi connectivity index (χ0v) is 48.4. The van der Waals surface area contributed by atoms with E-state index in [1.807, 2.05) is 0 Å². The van der Waals surface area contributed by atoms with Crippen molar-refractivity contribution in [1.29, 1.82) is 0 Å². The molecule has 0 aromatic rings. The number of unbranched alkanes of at least 4 members (excludes halogenated alkanes) is 44. The fourth-order valence-electron chi connectivity index (χ4n) is 10.6. The van der Waals surface area contributed by atoms with E-state index in [9.17, 15) is 44.9 Å². The maximum absolute atomic E-state index is 13.1. The van der Waals surface area contributed by atoms with Gasteiger partial charge in [-0.05, 0) is 12.8 Å². The Bertz CT molecular complexity index is 1230. The molecule has 73 heavy (non-hydrogen) atoms. The van der Waals surface area contributed by atoms with Gasteiger partial charge in [0.05, 0.1) is 18.8 Å². The summed E-state index contributed by atoms with van der Waals surface area (Å²) >= 11 is 0. The zero-order valence-electron chi connectivity index (χ0n) is 47.5. The van der Waals surface area contributed by atoms with E-state index in [4.69, 9.17) is 9.05 Å². The highest BCUT2D eigenvalue weighted by molar-refractivity contribution is 7.47. The fourth-order valence-corrected chi connectivity index (χ4v) is 11.6. The number of carbonyl (C=O) groups is 1. The molecule has 0 saturated heterocycles. The maximum Gasteiger partial charge on any atom is 0.472 e. The Morgan fingerprint density at radius 3 is 0.945 bits per heavy atom. The van der Waals surface area contributed by atoms with Crippen molar-refractivity contribution in [2.45, 2.75) is 371 Å². The lowest BCUT2D eigenvalue weighted by molar-refractivity contribution is -0.220. The number of rotatable bonds is 55. The van der Waals surface area contributed by atoms with E-state index in [0.29, 0.717) is 19.3 Å². The number of aliphatic hydroxyl groups is 6. The van der Waals surface area contributed by atoms with Gasteiger partial charge in [0.2, 0.25) is 5.91 Å². The first-order valence-electron chi connectivity index (χ1n) is 31.5. The van der Waals surface area contributed by atoms with Gasteiger partial charge < -0.3 is 40.8 Å². The monoisotopic (exact) mass is 1060 g/mol. The van der Waals surface area contributed by atoms with Crippen molar-refractivity contribution in [3.63, 3.8) is 0 Å². The van der Waals surface area contributed by atoms with Gasteiger partial charge in [-0.25, -0.2) is 4.57 Å². The number of nitrogens with one attached hydrogen (secondary N) is 1. The van der Waals surface area contributed by atoms with Crippen molar-refractivity contribution < 1.29 is 53.9 Å². The SMILES string of the molecule is CCCCCCCCCCCCCCCCCCCCCCCCCCCCCCCCCCC(=O)N[C@@H](COP(=O)(O)OC1C(O)C(O)C(O)[C@@H](O)C1O)[C@H](O)CCCCCCCCCCCCCCCC. The van der Waals surface area contributed by atoms with E-state index in [-0.39, 0.29) is 12.3 Å². The summed E-state index contributed by atoms with van der Waals surface area (Å²) in [4.78, 5) is 23.6. The molecule has 0 bridgehead atoms. The van der Waals surface area contributed by atoms with Crippen molar-refractivity contribution >= 4 is 13.7 Å². The van der Waals surface area contributed by atoms with Gasteiger partial charge in [0.25, 0.3) is 0 Å². The Labute approximate surface area is 448 Å². The summed E-state index contributed by atoms with van der Waals surface area (Å²) in [5.41, 5.74) is 0. The predicted molar refractivity (Wildman–Crippen MR) is 302 cm³/mol. The summed E-state index contributed by atoms with van der Waals surface area (Å²) in [6, 6.07) is -1.03. The minimum atomic E-state index is -5.06. The molecule has 8 N–H and O–H groups in total. The van der Waals surface area contributed by atoms with E-state index in [0.717, 1.165) is 38.5 Å². The molecule has 1 aliphatic carbocycles. The van der Waals surface area contributed by atoms with Crippen LogP contribution in [0.1, 0.15) is 322 Å². The van der Waals surface area contributed by atoms with E-state index in [1.54, 1.807) is 0 Å². The van der Waals surface area contributed by atoms with Crippen molar-refractivity contribution in [3.05, 3.63) is 0 Å². The van der Waals surface area contributed by atoms with Crippen LogP contribution < -0.4 is 5.32 Å². The van der Waals surface area contributed by atoms with Crippen LogP contribution >= 0.6 is 7.82 Å². The third kappa shape index (κ3) is 40.2. The van der Waals surface area contributed by atoms with Gasteiger partial charge in [0, 0.05) is 6.42 Å². The summed E-state index contributed by atoms with van der Waals surface area (Å²) in [7, 11) is -5.06. The Morgan fingerprint density at radius 2 is 0.658 bits per heavy atom. The smallest absolute Gasteiger partial charge is 0.391 e. The molecule has 13 heteroatoms. The van der Waals surface area contributed by atoms with Crippen molar-refractivity contribution in [3.8, 4) is 0 Å². The number of aliphatic hydroxyl groups excluding tert-OH is 6. The summed E-state index contributed by atoms with van der Waals surface area (Å²) in [6.07, 6.45) is 47.4. The molecule has 1 fully saturated rings. The second-order valence-corrected chi connectivity index (χ2v) is 24.0. The molecule has 12 nitrogen and oxygen atoms in total. The van der Waals surface area contributed by atoms with E-state index in [1.165, 1.54) is 244 Å². The van der Waals surface area contributed by atoms with E-state index < -0.39 is 63.2 Å². The number of hydrogen-bond acceptors (Lipinski definition) is 10. The van der Waals surface area contributed by atoms with Gasteiger partial charge >= 0.3 is 7.82 Å². The molecule has 0 spiro atoms. The van der Waals surface area contributed by atoms with Gasteiger partial charge in [0.1, 0.15) is 36.6 Å². The maximum atomic E-state index is 13.1. The minimum Gasteiger partial charge on any atom is -0.391 e. The van der Waals surface area contributed by atoms with Crippen molar-refractivity contribution in [2.75, 3.05) is 6.61 Å². The normalized spacial score (nSPS) is 20.8. The Balaban J connectivity index is 2.18. The average molecular weight is 1060 g/mol. The van der Waals surface area contributed by atoms with Gasteiger partial charge in [-0.2, -0.15) is 0 Å². The summed E-state index contributed by atoms with van der Waals surface area (Å²) in [5, 5.41) is 64.5. The molecular formula is C60H120NO11P. The summed E-state index contributed by atoms with van der Waals surface area (Å²) < 4.78 is 23.1. The first-order chi connectivity index (χ1) is 35.4. The number of phosphoric acid groups is 1. The third-order valence-corrected chi connectivity index (χ3v) is 16.7. The van der Waals surface area contributed by atoms with Crippen LogP contribution in [0.2, 0.25) is 0 Å². The van der Waals surface area contributed by atoms with Gasteiger partial charge in [-0.1, -0.05) is 303 Å². The lowest BCUT2D eigenvalue weighted by Gasteiger charge is -2.41. The van der Waals surface area contributed by atoms with Gasteiger partial charge in [-0.15, -0.1) is 0 Å². The molecule has 1 amide bonds. The molecule has 0 aromatic carbocycles. The Morgan fingerprint density at radius 1 is 0.411 bits per heavy atom. The van der Waals surface area contributed by atoms with Crippen LogP contribution in [0.3, 0.4) is 0 Å². The van der Waals surface area contributed by atoms with Crippen LogP contribution in [0.5, 0.6) is 0 Å². The van der Waals surface area contributed by atoms with Crippen LogP contribution in [0, 0.1) is 0 Å². The lowest BCUT2D eigenvalue weighted by Crippen LogP contribution is -2.64. The number of phosphoric ester groups is 1. The average Bonchev–Trinajstić information content (AvgIpc) is 3.38. The molecule has 9 atom stereocenters.